The first kappa shape index (κ1) is 14.6. The fourth-order valence-electron chi connectivity index (χ4n) is 1.73. The van der Waals surface area contributed by atoms with Crippen LogP contribution in [-0.4, -0.2) is 17.3 Å². The molecule has 0 aliphatic rings. The van der Waals surface area contributed by atoms with Crippen molar-refractivity contribution in [3.63, 3.8) is 0 Å². The first-order valence-corrected chi connectivity index (χ1v) is 7.34. The zero-order chi connectivity index (χ0) is 14.5. The van der Waals surface area contributed by atoms with Gasteiger partial charge in [0.25, 0.3) is 0 Å². The van der Waals surface area contributed by atoms with Crippen LogP contribution in [0.3, 0.4) is 0 Å². The van der Waals surface area contributed by atoms with E-state index in [1.807, 2.05) is 18.4 Å². The molecule has 0 spiro atoms. The molecule has 0 amide bonds. The highest BCUT2D eigenvalue weighted by molar-refractivity contribution is 7.98. The molecule has 2 aromatic carbocycles. The summed E-state index contributed by atoms with van der Waals surface area (Å²) in [5.74, 6) is 1.10. The van der Waals surface area contributed by atoms with Gasteiger partial charge in [0.1, 0.15) is 11.5 Å². The predicted molar refractivity (Wildman–Crippen MR) is 82.3 cm³/mol. The number of thioether (sulfide) groups is 1. The van der Waals surface area contributed by atoms with Crippen LogP contribution in [-0.2, 0) is 0 Å². The van der Waals surface area contributed by atoms with Gasteiger partial charge in [-0.2, -0.15) is 0 Å². The third-order valence-electron chi connectivity index (χ3n) is 2.60. The Morgan fingerprint density at radius 3 is 2.70 bits per heavy atom. The average molecular weight is 309 g/mol. The molecule has 0 aliphatic carbocycles. The minimum absolute atomic E-state index is 0.00646. The summed E-state index contributed by atoms with van der Waals surface area (Å²) in [7, 11) is 0. The Balaban J connectivity index is 2.46. The van der Waals surface area contributed by atoms with E-state index < -0.39 is 0 Å². The normalized spacial score (nSPS) is 11.4. The zero-order valence-electron chi connectivity index (χ0n) is 10.7. The van der Waals surface area contributed by atoms with Gasteiger partial charge in [0, 0.05) is 9.92 Å². The molecular weight excluding hydrogens is 296 g/mol. The number of amidine groups is 1. The number of nitrogens with two attached hydrogens (primary N) is 1. The lowest BCUT2D eigenvalue weighted by molar-refractivity contribution is 0.318. The van der Waals surface area contributed by atoms with Gasteiger partial charge in [-0.25, -0.2) is 0 Å². The van der Waals surface area contributed by atoms with E-state index in [0.717, 1.165) is 4.90 Å². The molecule has 104 valence electrons. The van der Waals surface area contributed by atoms with Gasteiger partial charge in [-0.15, -0.1) is 11.8 Å². The molecule has 0 saturated carbocycles. The lowest BCUT2D eigenvalue weighted by atomic mass is 10.2. The van der Waals surface area contributed by atoms with Gasteiger partial charge in [-0.05, 0) is 36.6 Å². The molecule has 2 aromatic rings. The summed E-state index contributed by atoms with van der Waals surface area (Å²) in [5.41, 5.74) is 6.29. The van der Waals surface area contributed by atoms with Gasteiger partial charge in [-0.1, -0.05) is 28.9 Å². The van der Waals surface area contributed by atoms with Crippen LogP contribution in [0.25, 0.3) is 0 Å². The summed E-state index contributed by atoms with van der Waals surface area (Å²) >= 11 is 7.42. The van der Waals surface area contributed by atoms with Gasteiger partial charge < -0.3 is 15.7 Å². The fraction of sp³-hybridized carbons (Fsp3) is 0.0714. The Kier molecular flexibility index (Phi) is 4.76. The van der Waals surface area contributed by atoms with E-state index in [2.05, 4.69) is 5.16 Å². The standard InChI is InChI=1S/C14H13ClN2O2S/c1-20-12-7-3-6-11(13(12)14(16)17-18)19-10-5-2-4-9(15)8-10/h2-8,18H,1H3,(H2,16,17). The maximum atomic E-state index is 8.92. The van der Waals surface area contributed by atoms with E-state index in [9.17, 15) is 0 Å². The van der Waals surface area contributed by atoms with Gasteiger partial charge >= 0.3 is 0 Å². The lowest BCUT2D eigenvalue weighted by Gasteiger charge is -2.13. The number of oxime groups is 1. The molecule has 3 N–H and O–H groups in total. The van der Waals surface area contributed by atoms with Gasteiger partial charge in [-0.3, -0.25) is 0 Å². The van der Waals surface area contributed by atoms with Crippen LogP contribution < -0.4 is 10.5 Å². The molecule has 0 bridgehead atoms. The Hall–Kier alpha value is -1.85. The molecule has 0 unspecified atom stereocenters. The van der Waals surface area contributed by atoms with Gasteiger partial charge in [0.2, 0.25) is 0 Å². The number of rotatable bonds is 4. The van der Waals surface area contributed by atoms with Gasteiger partial charge in [0.05, 0.1) is 5.56 Å². The van der Waals surface area contributed by atoms with E-state index >= 15 is 0 Å². The second-order valence-corrected chi connectivity index (χ2v) is 5.16. The average Bonchev–Trinajstić information content (AvgIpc) is 2.46. The van der Waals surface area contributed by atoms with E-state index in [0.29, 0.717) is 22.1 Å². The number of halogens is 1. The summed E-state index contributed by atoms with van der Waals surface area (Å²) in [5, 5.41) is 12.6. The Bertz CT molecular complexity index is 647. The fourth-order valence-corrected chi connectivity index (χ4v) is 2.53. The number of ether oxygens (including phenoxy) is 1. The van der Waals surface area contributed by atoms with Crippen molar-refractivity contribution in [3.8, 4) is 11.5 Å². The first-order valence-electron chi connectivity index (χ1n) is 5.74. The highest BCUT2D eigenvalue weighted by Gasteiger charge is 2.14. The summed E-state index contributed by atoms with van der Waals surface area (Å²) in [6.07, 6.45) is 1.91. The van der Waals surface area contributed by atoms with E-state index in [-0.39, 0.29) is 5.84 Å². The van der Waals surface area contributed by atoms with Crippen LogP contribution >= 0.6 is 23.4 Å². The highest BCUT2D eigenvalue weighted by Crippen LogP contribution is 2.32. The van der Waals surface area contributed by atoms with Crippen LogP contribution in [0.1, 0.15) is 5.56 Å². The number of nitrogens with zero attached hydrogens (tertiary/aromatic N) is 1. The Labute approximate surface area is 126 Å². The van der Waals surface area contributed by atoms with Crippen molar-refractivity contribution in [2.24, 2.45) is 10.9 Å². The van der Waals surface area contributed by atoms with Crippen molar-refractivity contribution in [3.05, 3.63) is 53.1 Å². The largest absolute Gasteiger partial charge is 0.457 e. The zero-order valence-corrected chi connectivity index (χ0v) is 12.3. The van der Waals surface area contributed by atoms with Crippen LogP contribution in [0.15, 0.2) is 52.5 Å². The van der Waals surface area contributed by atoms with Crippen LogP contribution in [0.4, 0.5) is 0 Å². The van der Waals surface area contributed by atoms with Crippen molar-refractivity contribution in [1.29, 1.82) is 0 Å². The molecule has 0 fully saturated rings. The van der Waals surface area contributed by atoms with Crippen LogP contribution in [0, 0.1) is 0 Å². The first-order chi connectivity index (χ1) is 9.65. The highest BCUT2D eigenvalue weighted by atomic mass is 35.5. The van der Waals surface area contributed by atoms with Crippen molar-refractivity contribution in [2.75, 3.05) is 6.26 Å². The van der Waals surface area contributed by atoms with Crippen molar-refractivity contribution in [2.45, 2.75) is 4.90 Å². The Morgan fingerprint density at radius 2 is 2.05 bits per heavy atom. The van der Waals surface area contributed by atoms with E-state index in [1.165, 1.54) is 11.8 Å². The summed E-state index contributed by atoms with van der Waals surface area (Å²) in [6, 6.07) is 12.5. The summed E-state index contributed by atoms with van der Waals surface area (Å²) in [6.45, 7) is 0. The third kappa shape index (κ3) is 3.18. The van der Waals surface area contributed by atoms with Crippen molar-refractivity contribution >= 4 is 29.2 Å². The summed E-state index contributed by atoms with van der Waals surface area (Å²) < 4.78 is 5.79. The van der Waals surface area contributed by atoms with Crippen LogP contribution in [0.2, 0.25) is 5.02 Å². The molecule has 0 atom stereocenters. The number of benzene rings is 2. The SMILES string of the molecule is CSc1cccc(Oc2cccc(Cl)c2)c1/C(N)=N/O. The second kappa shape index (κ2) is 6.54. The minimum Gasteiger partial charge on any atom is -0.457 e. The van der Waals surface area contributed by atoms with Gasteiger partial charge in [0.15, 0.2) is 5.84 Å². The number of hydrogen-bond donors (Lipinski definition) is 2. The molecule has 4 nitrogen and oxygen atoms in total. The van der Waals surface area contributed by atoms with E-state index in [4.69, 9.17) is 27.3 Å². The molecule has 0 radical (unpaired) electrons. The van der Waals surface area contributed by atoms with Crippen molar-refractivity contribution in [1.82, 2.24) is 0 Å². The smallest absolute Gasteiger partial charge is 0.175 e. The minimum atomic E-state index is 0.00646. The molecule has 0 saturated heterocycles. The molecule has 0 heterocycles. The maximum absolute atomic E-state index is 8.92. The molecule has 2 rings (SSSR count). The maximum Gasteiger partial charge on any atom is 0.175 e. The lowest BCUT2D eigenvalue weighted by Crippen LogP contribution is -2.15. The quantitative estimate of drug-likeness (QED) is 0.295. The predicted octanol–water partition coefficient (Wildman–Crippen LogP) is 3.95. The van der Waals surface area contributed by atoms with Crippen molar-refractivity contribution < 1.29 is 9.94 Å². The number of hydrogen-bond acceptors (Lipinski definition) is 4. The monoisotopic (exact) mass is 308 g/mol. The molecule has 20 heavy (non-hydrogen) atoms. The van der Waals surface area contributed by atoms with E-state index in [1.54, 1.807) is 30.3 Å². The molecular formula is C14H13ClN2O2S. The summed E-state index contributed by atoms with van der Waals surface area (Å²) in [4.78, 5) is 0.861. The van der Waals surface area contributed by atoms with Crippen LogP contribution in [0.5, 0.6) is 11.5 Å². The molecule has 0 aliphatic heterocycles. The molecule has 0 aromatic heterocycles. The Morgan fingerprint density at radius 1 is 1.30 bits per heavy atom. The second-order valence-electron chi connectivity index (χ2n) is 3.88. The topological polar surface area (TPSA) is 67.8 Å². The molecule has 6 heteroatoms. The third-order valence-corrected chi connectivity index (χ3v) is 3.61.